The van der Waals surface area contributed by atoms with Crippen LogP contribution in [0.1, 0.15) is 42.9 Å². The number of hydrogen-bond donors (Lipinski definition) is 1. The summed E-state index contributed by atoms with van der Waals surface area (Å²) in [6.07, 6.45) is 8.36. The summed E-state index contributed by atoms with van der Waals surface area (Å²) < 4.78 is 44.8. The molecule has 2 saturated heterocycles. The number of benzene rings is 2. The molecule has 10 heteroatoms. The first-order valence-corrected chi connectivity index (χ1v) is 15.6. The summed E-state index contributed by atoms with van der Waals surface area (Å²) in [7, 11) is -3.78. The quantitative estimate of drug-likeness (QED) is 0.324. The zero-order valence-corrected chi connectivity index (χ0v) is 23.6. The second-order valence-electron chi connectivity index (χ2n) is 10.8. The first-order chi connectivity index (χ1) is 19.9. The number of nitrogens with zero attached hydrogens (tertiary/aromatic N) is 5. The second kappa shape index (κ2) is 11.7. The van der Waals surface area contributed by atoms with Crippen molar-refractivity contribution in [2.24, 2.45) is 0 Å². The third-order valence-corrected chi connectivity index (χ3v) is 10.1. The number of piperidine rings is 1. The Hall–Kier alpha value is -3.60. The van der Waals surface area contributed by atoms with Gasteiger partial charge in [0, 0.05) is 37.9 Å². The molecule has 1 atom stereocenters. The standard InChI is InChI=1S/C31H34FN5O3S/c32-24-9-7-23(8-10-24)13-17-36-22-33-21-30(36)28-5-2-1-4-27(28)29-6-3-16-37(29)41(39,40)26-11-12-31(34-20-26)35-18-14-25(38)15-19-35/h1-2,4-5,7-12,20-22,25,29,38H,3,6,13-19H2/t29-/m0/s1. The molecule has 1 N–H and O–H groups in total. The summed E-state index contributed by atoms with van der Waals surface area (Å²) in [6, 6.07) is 17.6. The highest BCUT2D eigenvalue weighted by Crippen LogP contribution is 2.40. The molecule has 214 valence electrons. The average molecular weight is 576 g/mol. The van der Waals surface area contributed by atoms with Crippen molar-refractivity contribution < 1.29 is 17.9 Å². The number of aliphatic hydroxyl groups excluding tert-OH is 1. The van der Waals surface area contributed by atoms with Gasteiger partial charge in [-0.1, -0.05) is 36.4 Å². The number of aliphatic hydroxyl groups is 1. The molecule has 0 radical (unpaired) electrons. The molecular formula is C31H34FN5O3S. The predicted molar refractivity (Wildman–Crippen MR) is 155 cm³/mol. The van der Waals surface area contributed by atoms with Crippen molar-refractivity contribution in [1.82, 2.24) is 18.8 Å². The van der Waals surface area contributed by atoms with Crippen LogP contribution >= 0.6 is 0 Å². The molecule has 2 fully saturated rings. The van der Waals surface area contributed by atoms with Crippen LogP contribution in [0.15, 0.2) is 84.3 Å². The minimum Gasteiger partial charge on any atom is -0.393 e. The van der Waals surface area contributed by atoms with E-state index < -0.39 is 10.0 Å². The van der Waals surface area contributed by atoms with E-state index in [-0.39, 0.29) is 22.9 Å². The van der Waals surface area contributed by atoms with Crippen LogP contribution < -0.4 is 4.90 Å². The van der Waals surface area contributed by atoms with Crippen LogP contribution in [-0.4, -0.2) is 58.1 Å². The number of aryl methyl sites for hydroxylation is 2. The number of hydrogen-bond acceptors (Lipinski definition) is 6. The summed E-state index contributed by atoms with van der Waals surface area (Å²) in [4.78, 5) is 11.2. The van der Waals surface area contributed by atoms with Gasteiger partial charge < -0.3 is 14.6 Å². The lowest BCUT2D eigenvalue weighted by molar-refractivity contribution is 0.145. The third-order valence-electron chi connectivity index (χ3n) is 8.18. The van der Waals surface area contributed by atoms with Gasteiger partial charge in [0.2, 0.25) is 10.0 Å². The van der Waals surface area contributed by atoms with Crippen molar-refractivity contribution >= 4 is 15.8 Å². The number of anilines is 1. The van der Waals surface area contributed by atoms with Crippen molar-refractivity contribution in [3.05, 3.63) is 96.3 Å². The van der Waals surface area contributed by atoms with Crippen LogP contribution in [0.5, 0.6) is 0 Å². The minimum absolute atomic E-state index is 0.187. The molecule has 0 bridgehead atoms. The van der Waals surface area contributed by atoms with E-state index in [9.17, 15) is 17.9 Å². The Morgan fingerprint density at radius 1 is 0.927 bits per heavy atom. The van der Waals surface area contributed by atoms with Gasteiger partial charge in [0.1, 0.15) is 16.5 Å². The lowest BCUT2D eigenvalue weighted by atomic mass is 9.97. The summed E-state index contributed by atoms with van der Waals surface area (Å²) in [6.45, 7) is 2.50. The molecule has 8 nitrogen and oxygen atoms in total. The van der Waals surface area contributed by atoms with Gasteiger partial charge in [0.25, 0.3) is 0 Å². The maximum Gasteiger partial charge on any atom is 0.245 e. The van der Waals surface area contributed by atoms with E-state index in [0.29, 0.717) is 39.0 Å². The Bertz CT molecular complexity index is 1580. The number of halogens is 1. The maximum atomic E-state index is 13.9. The number of pyridine rings is 1. The number of sulfonamides is 1. The van der Waals surface area contributed by atoms with E-state index in [0.717, 1.165) is 47.5 Å². The van der Waals surface area contributed by atoms with Gasteiger partial charge in [-0.05, 0) is 67.5 Å². The second-order valence-corrected chi connectivity index (χ2v) is 12.7. The summed E-state index contributed by atoms with van der Waals surface area (Å²) in [5.74, 6) is 0.476. The molecule has 2 aliphatic rings. The van der Waals surface area contributed by atoms with Crippen molar-refractivity contribution in [2.75, 3.05) is 24.5 Å². The van der Waals surface area contributed by atoms with E-state index in [1.807, 2.05) is 30.5 Å². The van der Waals surface area contributed by atoms with Crippen LogP contribution in [0.2, 0.25) is 0 Å². The Labute approximate surface area is 240 Å². The molecule has 6 rings (SSSR count). The van der Waals surface area contributed by atoms with Crippen molar-refractivity contribution in [1.29, 1.82) is 0 Å². The van der Waals surface area contributed by atoms with Crippen LogP contribution in [0.3, 0.4) is 0 Å². The lowest BCUT2D eigenvalue weighted by Gasteiger charge is -2.30. The SMILES string of the molecule is O=S(=O)(c1ccc(N2CCC(O)CC2)nc1)N1CCC[C@H]1c1ccccc1-c1cncn1CCc1ccc(F)cc1. The fourth-order valence-electron chi connectivity index (χ4n) is 5.93. The molecule has 0 aliphatic carbocycles. The van der Waals surface area contributed by atoms with Crippen LogP contribution in [0.4, 0.5) is 10.2 Å². The van der Waals surface area contributed by atoms with E-state index in [1.54, 1.807) is 34.9 Å². The molecule has 0 saturated carbocycles. The Morgan fingerprint density at radius 3 is 2.46 bits per heavy atom. The van der Waals surface area contributed by atoms with Crippen LogP contribution in [0.25, 0.3) is 11.3 Å². The number of imidazole rings is 1. The van der Waals surface area contributed by atoms with E-state index in [4.69, 9.17) is 0 Å². The molecule has 2 aromatic heterocycles. The molecule has 2 aromatic carbocycles. The summed E-state index contributed by atoms with van der Waals surface area (Å²) in [5, 5.41) is 9.79. The third kappa shape index (κ3) is 5.77. The molecule has 0 unspecified atom stereocenters. The Morgan fingerprint density at radius 2 is 1.71 bits per heavy atom. The lowest BCUT2D eigenvalue weighted by Crippen LogP contribution is -2.36. The molecular weight excluding hydrogens is 541 g/mol. The summed E-state index contributed by atoms with van der Waals surface area (Å²) >= 11 is 0. The molecule has 0 amide bonds. The molecule has 0 spiro atoms. The molecule has 41 heavy (non-hydrogen) atoms. The van der Waals surface area contributed by atoms with Gasteiger partial charge in [-0.15, -0.1) is 0 Å². The Balaban J connectivity index is 1.24. The average Bonchev–Trinajstić information content (AvgIpc) is 3.68. The topological polar surface area (TPSA) is 91.6 Å². The Kier molecular flexibility index (Phi) is 7.88. The smallest absolute Gasteiger partial charge is 0.245 e. The summed E-state index contributed by atoms with van der Waals surface area (Å²) in [5.41, 5.74) is 3.86. The van der Waals surface area contributed by atoms with E-state index in [1.165, 1.54) is 18.3 Å². The largest absolute Gasteiger partial charge is 0.393 e. The highest BCUT2D eigenvalue weighted by atomic mass is 32.2. The molecule has 2 aliphatic heterocycles. The molecule has 4 aromatic rings. The normalized spacial score (nSPS) is 18.7. The van der Waals surface area contributed by atoms with Crippen LogP contribution in [-0.2, 0) is 23.0 Å². The van der Waals surface area contributed by atoms with Gasteiger partial charge in [-0.2, -0.15) is 4.31 Å². The van der Waals surface area contributed by atoms with Gasteiger partial charge in [0.05, 0.1) is 30.4 Å². The number of aromatic nitrogens is 3. The first kappa shape index (κ1) is 27.6. The first-order valence-electron chi connectivity index (χ1n) is 14.1. The van der Waals surface area contributed by atoms with E-state index in [2.05, 4.69) is 19.4 Å². The van der Waals surface area contributed by atoms with Gasteiger partial charge in [0.15, 0.2) is 0 Å². The number of rotatable bonds is 8. The van der Waals surface area contributed by atoms with Gasteiger partial charge in [-0.3, -0.25) is 0 Å². The van der Waals surface area contributed by atoms with Crippen molar-refractivity contribution in [3.63, 3.8) is 0 Å². The predicted octanol–water partition coefficient (Wildman–Crippen LogP) is 4.81. The fraction of sp³-hybridized carbons (Fsp3) is 0.355. The highest BCUT2D eigenvalue weighted by Gasteiger charge is 2.37. The minimum atomic E-state index is -3.78. The fourth-order valence-corrected chi connectivity index (χ4v) is 7.55. The zero-order valence-electron chi connectivity index (χ0n) is 22.8. The van der Waals surface area contributed by atoms with Crippen LogP contribution in [0, 0.1) is 5.82 Å². The molecule has 4 heterocycles. The van der Waals surface area contributed by atoms with Gasteiger partial charge >= 0.3 is 0 Å². The van der Waals surface area contributed by atoms with E-state index >= 15 is 0 Å². The highest BCUT2D eigenvalue weighted by molar-refractivity contribution is 7.89. The maximum absolute atomic E-state index is 13.9. The van der Waals surface area contributed by atoms with Crippen molar-refractivity contribution in [3.8, 4) is 11.3 Å². The van der Waals surface area contributed by atoms with Crippen molar-refractivity contribution in [2.45, 2.75) is 55.7 Å². The van der Waals surface area contributed by atoms with Gasteiger partial charge in [-0.25, -0.2) is 22.8 Å². The zero-order chi connectivity index (χ0) is 28.4. The monoisotopic (exact) mass is 575 g/mol.